The van der Waals surface area contributed by atoms with Crippen LogP contribution in [-0.2, 0) is 9.59 Å². The fraction of sp³-hybridized carbons (Fsp3) is 0.867. The lowest BCUT2D eigenvalue weighted by molar-refractivity contribution is -0.135. The summed E-state index contributed by atoms with van der Waals surface area (Å²) in [6.07, 6.45) is 7.28. The predicted octanol–water partition coefficient (Wildman–Crippen LogP) is 1.06. The number of nitrogens with one attached hydrogen (secondary N) is 1. The first-order valence-corrected chi connectivity index (χ1v) is 7.89. The van der Waals surface area contributed by atoms with Gasteiger partial charge >= 0.3 is 0 Å². The zero-order valence-corrected chi connectivity index (χ0v) is 12.1. The molecule has 0 radical (unpaired) electrons. The highest BCUT2D eigenvalue weighted by Gasteiger charge is 2.24. The fourth-order valence-corrected chi connectivity index (χ4v) is 3.11. The maximum atomic E-state index is 11.9. The molecule has 2 amide bonds. The predicted molar refractivity (Wildman–Crippen MR) is 76.0 cm³/mol. The molecule has 1 aliphatic heterocycles. The second kappa shape index (κ2) is 7.62. The molecule has 2 aliphatic rings. The summed E-state index contributed by atoms with van der Waals surface area (Å²) in [5.41, 5.74) is 0. The molecule has 1 saturated carbocycles. The molecule has 2 unspecified atom stereocenters. The van der Waals surface area contributed by atoms with Crippen LogP contribution in [0.1, 0.15) is 51.4 Å². The number of aliphatic hydroxyl groups excluding tert-OH is 1. The average Bonchev–Trinajstić information content (AvgIpc) is 2.63. The Labute approximate surface area is 120 Å². The van der Waals surface area contributed by atoms with Crippen molar-refractivity contribution in [2.24, 2.45) is 5.92 Å². The van der Waals surface area contributed by atoms with Crippen molar-refractivity contribution in [3.05, 3.63) is 0 Å². The maximum Gasteiger partial charge on any atom is 0.239 e. The first-order valence-electron chi connectivity index (χ1n) is 7.89. The monoisotopic (exact) mass is 282 g/mol. The lowest BCUT2D eigenvalue weighted by Gasteiger charge is -2.28. The van der Waals surface area contributed by atoms with Gasteiger partial charge in [-0.1, -0.05) is 19.3 Å². The number of hydrogen-bond donors (Lipinski definition) is 2. The lowest BCUT2D eigenvalue weighted by atomic mass is 9.86. The summed E-state index contributed by atoms with van der Waals surface area (Å²) in [6.45, 7) is 1.39. The van der Waals surface area contributed by atoms with Gasteiger partial charge in [0.05, 0.1) is 12.6 Å². The van der Waals surface area contributed by atoms with Crippen molar-refractivity contribution in [1.82, 2.24) is 10.2 Å². The van der Waals surface area contributed by atoms with E-state index >= 15 is 0 Å². The van der Waals surface area contributed by atoms with Crippen LogP contribution in [0.2, 0.25) is 0 Å². The summed E-state index contributed by atoms with van der Waals surface area (Å²) >= 11 is 0. The van der Waals surface area contributed by atoms with Crippen LogP contribution in [0, 0.1) is 5.92 Å². The zero-order chi connectivity index (χ0) is 14.4. The third-order valence-corrected chi connectivity index (χ3v) is 4.44. The van der Waals surface area contributed by atoms with E-state index in [1.807, 2.05) is 0 Å². The first-order chi connectivity index (χ1) is 9.66. The normalized spacial score (nSPS) is 28.1. The molecule has 0 aromatic heterocycles. The smallest absolute Gasteiger partial charge is 0.239 e. The molecule has 2 fully saturated rings. The van der Waals surface area contributed by atoms with Crippen LogP contribution in [0.15, 0.2) is 0 Å². The molecule has 2 atom stereocenters. The van der Waals surface area contributed by atoms with Crippen molar-refractivity contribution in [3.8, 4) is 0 Å². The minimum absolute atomic E-state index is 0.0929. The van der Waals surface area contributed by atoms with Crippen LogP contribution < -0.4 is 5.32 Å². The topological polar surface area (TPSA) is 69.6 Å². The Hall–Kier alpha value is -1.10. The number of rotatable bonds is 4. The van der Waals surface area contributed by atoms with Crippen molar-refractivity contribution in [3.63, 3.8) is 0 Å². The molecule has 1 aliphatic carbocycles. The van der Waals surface area contributed by atoms with Gasteiger partial charge in [0, 0.05) is 25.4 Å². The summed E-state index contributed by atoms with van der Waals surface area (Å²) < 4.78 is 0. The average molecular weight is 282 g/mol. The van der Waals surface area contributed by atoms with Gasteiger partial charge < -0.3 is 15.3 Å². The second-order valence-corrected chi connectivity index (χ2v) is 6.04. The van der Waals surface area contributed by atoms with E-state index in [2.05, 4.69) is 5.32 Å². The minimum atomic E-state index is -0.288. The number of amides is 2. The number of nitrogens with zero attached hydrogens (tertiary/aromatic N) is 1. The Bertz CT molecular complexity index is 346. The highest BCUT2D eigenvalue weighted by atomic mass is 16.3. The van der Waals surface area contributed by atoms with Gasteiger partial charge in [-0.2, -0.15) is 0 Å². The fourth-order valence-electron chi connectivity index (χ4n) is 3.11. The molecule has 0 spiro atoms. The van der Waals surface area contributed by atoms with Gasteiger partial charge in [0.2, 0.25) is 11.8 Å². The van der Waals surface area contributed by atoms with Crippen molar-refractivity contribution < 1.29 is 14.7 Å². The van der Waals surface area contributed by atoms with Gasteiger partial charge in [-0.25, -0.2) is 0 Å². The van der Waals surface area contributed by atoms with Gasteiger partial charge in [-0.05, 0) is 25.7 Å². The van der Waals surface area contributed by atoms with Crippen molar-refractivity contribution >= 4 is 11.8 Å². The SMILES string of the molecule is O=C(CN1CCCCCC1=O)NCC1CCCCC1O. The summed E-state index contributed by atoms with van der Waals surface area (Å²) in [4.78, 5) is 25.4. The van der Waals surface area contributed by atoms with Gasteiger partial charge in [0.15, 0.2) is 0 Å². The zero-order valence-electron chi connectivity index (χ0n) is 12.1. The summed E-state index contributed by atoms with van der Waals surface area (Å²) in [6, 6.07) is 0. The third-order valence-electron chi connectivity index (χ3n) is 4.44. The van der Waals surface area contributed by atoms with Crippen LogP contribution in [0.3, 0.4) is 0 Å². The summed E-state index contributed by atoms with van der Waals surface area (Å²) in [7, 11) is 0. The van der Waals surface area contributed by atoms with Crippen LogP contribution in [-0.4, -0.2) is 47.6 Å². The van der Waals surface area contributed by atoms with E-state index in [1.165, 1.54) is 0 Å². The van der Waals surface area contributed by atoms with Gasteiger partial charge in [0.1, 0.15) is 0 Å². The van der Waals surface area contributed by atoms with Crippen molar-refractivity contribution in [2.75, 3.05) is 19.6 Å². The Balaban J connectivity index is 1.72. The third kappa shape index (κ3) is 4.47. The van der Waals surface area contributed by atoms with Gasteiger partial charge in [-0.15, -0.1) is 0 Å². The maximum absolute atomic E-state index is 11.9. The van der Waals surface area contributed by atoms with Gasteiger partial charge in [-0.3, -0.25) is 9.59 Å². The molecule has 0 aromatic carbocycles. The van der Waals surface area contributed by atoms with Crippen LogP contribution in [0.4, 0.5) is 0 Å². The van der Waals surface area contributed by atoms with E-state index in [0.29, 0.717) is 19.5 Å². The van der Waals surface area contributed by atoms with E-state index in [-0.39, 0.29) is 30.4 Å². The molecule has 20 heavy (non-hydrogen) atoms. The standard InChI is InChI=1S/C15H26N2O3/c18-13-7-4-3-6-12(13)10-16-14(19)11-17-9-5-1-2-8-15(17)20/h12-13,18H,1-11H2,(H,16,19). The Morgan fingerprint density at radius 3 is 2.80 bits per heavy atom. The van der Waals surface area contributed by atoms with E-state index in [4.69, 9.17) is 0 Å². The molecule has 114 valence electrons. The summed E-state index contributed by atoms with van der Waals surface area (Å²) in [5.74, 6) is 0.168. The van der Waals surface area contributed by atoms with Crippen LogP contribution >= 0.6 is 0 Å². The van der Waals surface area contributed by atoms with E-state index in [9.17, 15) is 14.7 Å². The molecular formula is C15H26N2O3. The number of carbonyl (C=O) groups is 2. The van der Waals surface area contributed by atoms with Crippen LogP contribution in [0.25, 0.3) is 0 Å². The molecule has 1 saturated heterocycles. The Morgan fingerprint density at radius 1 is 1.20 bits per heavy atom. The Morgan fingerprint density at radius 2 is 2.00 bits per heavy atom. The quantitative estimate of drug-likeness (QED) is 0.810. The first kappa shape index (κ1) is 15.3. The molecule has 5 nitrogen and oxygen atoms in total. The number of likely N-dealkylation sites (tertiary alicyclic amines) is 1. The van der Waals surface area contributed by atoms with Crippen molar-refractivity contribution in [2.45, 2.75) is 57.5 Å². The molecule has 0 aromatic rings. The van der Waals surface area contributed by atoms with E-state index in [0.717, 1.165) is 44.9 Å². The molecule has 2 rings (SSSR count). The lowest BCUT2D eigenvalue weighted by Crippen LogP contribution is -2.43. The molecule has 5 heteroatoms. The molecular weight excluding hydrogens is 256 g/mol. The van der Waals surface area contributed by atoms with Crippen molar-refractivity contribution in [1.29, 1.82) is 0 Å². The Kier molecular flexibility index (Phi) is 5.83. The number of hydrogen-bond acceptors (Lipinski definition) is 3. The largest absolute Gasteiger partial charge is 0.393 e. The number of aliphatic hydroxyl groups is 1. The minimum Gasteiger partial charge on any atom is -0.393 e. The molecule has 2 N–H and O–H groups in total. The van der Waals surface area contributed by atoms with E-state index in [1.54, 1.807) is 4.90 Å². The second-order valence-electron chi connectivity index (χ2n) is 6.04. The highest BCUT2D eigenvalue weighted by Crippen LogP contribution is 2.23. The van der Waals surface area contributed by atoms with Gasteiger partial charge in [0.25, 0.3) is 0 Å². The number of carbonyl (C=O) groups excluding carboxylic acids is 2. The molecule has 1 heterocycles. The summed E-state index contributed by atoms with van der Waals surface area (Å²) in [5, 5.41) is 12.7. The van der Waals surface area contributed by atoms with E-state index < -0.39 is 0 Å². The molecule has 0 bridgehead atoms. The van der Waals surface area contributed by atoms with Crippen LogP contribution in [0.5, 0.6) is 0 Å². The highest BCUT2D eigenvalue weighted by molar-refractivity contribution is 5.84.